The van der Waals surface area contributed by atoms with E-state index in [1.807, 2.05) is 18.2 Å². The molecule has 11 heteroatoms. The normalized spacial score (nSPS) is 26.9. The Morgan fingerprint density at radius 2 is 1.90 bits per heavy atom. The molecule has 4 fully saturated rings. The van der Waals surface area contributed by atoms with Gasteiger partial charge in [-0.3, -0.25) is 14.6 Å². The Morgan fingerprint density at radius 1 is 1.07 bits per heavy atom. The largest absolute Gasteiger partial charge is 0.481 e. The number of hydrogen-bond acceptors (Lipinski definition) is 8. The van der Waals surface area contributed by atoms with Crippen molar-refractivity contribution < 1.29 is 23.3 Å². The van der Waals surface area contributed by atoms with Crippen LogP contribution in [0.2, 0.25) is 0 Å². The average molecular weight is 571 g/mol. The SMILES string of the molecule is CC1(C)[C@@H]2C[C@H]3OB([C@H](CCCc4ccccc4)NC(=O)[C@H](Cc4ncco4)NC(=O)c4cnccn4)O[C@@]3(C)[C@H]1C2. The molecule has 6 atom stereocenters. The summed E-state index contributed by atoms with van der Waals surface area (Å²) in [4.78, 5) is 39.0. The van der Waals surface area contributed by atoms with Crippen LogP contribution in [0.3, 0.4) is 0 Å². The van der Waals surface area contributed by atoms with Crippen LogP contribution in [-0.2, 0) is 26.9 Å². The first-order chi connectivity index (χ1) is 20.2. The third-order valence-corrected chi connectivity index (χ3v) is 9.73. The predicted octanol–water partition coefficient (Wildman–Crippen LogP) is 3.58. The molecular weight excluding hydrogens is 533 g/mol. The summed E-state index contributed by atoms with van der Waals surface area (Å²) in [5.41, 5.74) is 1.16. The zero-order chi connectivity index (χ0) is 29.3. The number of nitrogens with zero attached hydrogens (tertiary/aromatic N) is 3. The molecule has 10 nitrogen and oxygen atoms in total. The summed E-state index contributed by atoms with van der Waals surface area (Å²) in [5, 5.41) is 5.98. The minimum Gasteiger partial charge on any atom is -0.449 e. The van der Waals surface area contributed by atoms with Crippen LogP contribution in [0.1, 0.15) is 68.4 Å². The molecule has 2 amide bonds. The lowest BCUT2D eigenvalue weighted by Gasteiger charge is -2.64. The number of rotatable bonds is 11. The molecule has 42 heavy (non-hydrogen) atoms. The lowest BCUT2D eigenvalue weighted by Crippen LogP contribution is -2.65. The van der Waals surface area contributed by atoms with Crippen molar-refractivity contribution in [2.24, 2.45) is 17.3 Å². The Labute approximate surface area is 246 Å². The van der Waals surface area contributed by atoms with E-state index in [4.69, 9.17) is 13.7 Å². The quantitative estimate of drug-likeness (QED) is 0.335. The molecule has 220 valence electrons. The summed E-state index contributed by atoms with van der Waals surface area (Å²) < 4.78 is 18.8. The van der Waals surface area contributed by atoms with Gasteiger partial charge < -0.3 is 24.4 Å². The monoisotopic (exact) mass is 571 g/mol. The molecule has 3 heterocycles. The van der Waals surface area contributed by atoms with Crippen molar-refractivity contribution in [1.29, 1.82) is 0 Å². The zero-order valence-corrected chi connectivity index (χ0v) is 24.4. The van der Waals surface area contributed by atoms with Crippen LogP contribution < -0.4 is 10.6 Å². The van der Waals surface area contributed by atoms with E-state index in [9.17, 15) is 9.59 Å². The van der Waals surface area contributed by atoms with Gasteiger partial charge in [0, 0.05) is 12.4 Å². The van der Waals surface area contributed by atoms with Gasteiger partial charge in [0.05, 0.1) is 36.5 Å². The number of hydrogen-bond donors (Lipinski definition) is 2. The molecule has 1 aliphatic heterocycles. The summed E-state index contributed by atoms with van der Waals surface area (Å²) >= 11 is 0. The van der Waals surface area contributed by atoms with Gasteiger partial charge in [-0.25, -0.2) is 9.97 Å². The lowest BCUT2D eigenvalue weighted by molar-refractivity contribution is -0.199. The predicted molar refractivity (Wildman–Crippen MR) is 155 cm³/mol. The Bertz CT molecular complexity index is 1370. The summed E-state index contributed by atoms with van der Waals surface area (Å²) in [6, 6.07) is 9.32. The molecule has 1 aromatic carbocycles. The van der Waals surface area contributed by atoms with E-state index in [0.29, 0.717) is 24.1 Å². The number of aromatic nitrogens is 3. The van der Waals surface area contributed by atoms with E-state index in [-0.39, 0.29) is 29.5 Å². The first kappa shape index (κ1) is 28.5. The Hall–Kier alpha value is -3.57. The molecule has 1 saturated heterocycles. The highest BCUT2D eigenvalue weighted by atomic mass is 16.7. The number of carbonyl (C=O) groups excluding carboxylic acids is 2. The molecule has 2 N–H and O–H groups in total. The van der Waals surface area contributed by atoms with Gasteiger partial charge in [0.25, 0.3) is 5.91 Å². The number of carbonyl (C=O) groups is 2. The maximum atomic E-state index is 13.9. The first-order valence-electron chi connectivity index (χ1n) is 14.9. The maximum absolute atomic E-state index is 13.9. The van der Waals surface area contributed by atoms with Crippen molar-refractivity contribution >= 4 is 18.9 Å². The van der Waals surface area contributed by atoms with E-state index in [2.05, 4.69) is 58.5 Å². The van der Waals surface area contributed by atoms with Crippen LogP contribution in [0.5, 0.6) is 0 Å². The van der Waals surface area contributed by atoms with Gasteiger partial charge >= 0.3 is 7.12 Å². The number of benzene rings is 1. The third-order valence-electron chi connectivity index (χ3n) is 9.73. The van der Waals surface area contributed by atoms with E-state index < -0.39 is 30.6 Å². The molecular formula is C31H38BN5O5. The van der Waals surface area contributed by atoms with Gasteiger partial charge in [-0.2, -0.15) is 0 Å². The van der Waals surface area contributed by atoms with E-state index in [1.54, 1.807) is 0 Å². The molecule has 0 radical (unpaired) electrons. The Morgan fingerprint density at radius 3 is 2.62 bits per heavy atom. The summed E-state index contributed by atoms with van der Waals surface area (Å²) in [6.45, 7) is 6.83. The van der Waals surface area contributed by atoms with E-state index in [1.165, 1.54) is 36.6 Å². The minimum absolute atomic E-state index is 0.00715. The van der Waals surface area contributed by atoms with Gasteiger partial charge in [0.2, 0.25) is 5.91 Å². The van der Waals surface area contributed by atoms with Crippen LogP contribution in [0.4, 0.5) is 0 Å². The molecule has 7 rings (SSSR count). The molecule has 0 spiro atoms. The van der Waals surface area contributed by atoms with E-state index >= 15 is 0 Å². The standard InChI is InChI=1S/C31H38BN5O5/c1-30(2)21-16-24(30)31(3)25(17-21)41-32(42-31)26(11-7-10-20-8-5-4-6-9-20)37-28(38)22(18-27-35-14-15-40-27)36-29(39)23-19-33-12-13-34-23/h4-6,8-9,12-15,19,21-22,24-26H,7,10-11,16-18H2,1-3H3,(H,36,39)(H,37,38)/t21-,22-,24-,25+,26-,31-/m0/s1. The highest BCUT2D eigenvalue weighted by Crippen LogP contribution is 2.65. The van der Waals surface area contributed by atoms with Crippen molar-refractivity contribution in [2.45, 2.75) is 83.0 Å². The van der Waals surface area contributed by atoms with Crippen LogP contribution in [0.15, 0.2) is 65.8 Å². The fourth-order valence-electron chi connectivity index (χ4n) is 7.19. The van der Waals surface area contributed by atoms with Gasteiger partial charge in [0.15, 0.2) is 5.89 Å². The zero-order valence-electron chi connectivity index (χ0n) is 24.4. The van der Waals surface area contributed by atoms with Gasteiger partial charge in [-0.15, -0.1) is 0 Å². The van der Waals surface area contributed by atoms with Gasteiger partial charge in [-0.05, 0) is 61.8 Å². The summed E-state index contributed by atoms with van der Waals surface area (Å²) in [7, 11) is -0.590. The van der Waals surface area contributed by atoms with Crippen molar-refractivity contribution in [3.63, 3.8) is 0 Å². The van der Waals surface area contributed by atoms with Gasteiger partial charge in [-0.1, -0.05) is 44.2 Å². The molecule has 2 bridgehead atoms. The Balaban J connectivity index is 1.20. The number of aryl methyl sites for hydroxylation is 1. The molecule has 0 unspecified atom stereocenters. The van der Waals surface area contributed by atoms with Crippen LogP contribution in [0.25, 0.3) is 0 Å². The Kier molecular flexibility index (Phi) is 7.89. The van der Waals surface area contributed by atoms with Crippen molar-refractivity contribution in [2.75, 3.05) is 0 Å². The maximum Gasteiger partial charge on any atom is 0.481 e. The highest BCUT2D eigenvalue weighted by molar-refractivity contribution is 6.47. The van der Waals surface area contributed by atoms with Crippen molar-refractivity contribution in [1.82, 2.24) is 25.6 Å². The summed E-state index contributed by atoms with van der Waals surface area (Å²) in [5.74, 6) is 0.0730. The average Bonchev–Trinajstić information content (AvgIpc) is 3.64. The fraction of sp³-hybridized carbons (Fsp3) is 0.516. The van der Waals surface area contributed by atoms with Crippen molar-refractivity contribution in [3.8, 4) is 0 Å². The second kappa shape index (κ2) is 11.6. The van der Waals surface area contributed by atoms with Crippen LogP contribution in [-0.4, -0.2) is 57.6 Å². The molecule has 2 aromatic heterocycles. The summed E-state index contributed by atoms with van der Waals surface area (Å²) in [6.07, 6.45) is 11.7. The third kappa shape index (κ3) is 5.59. The van der Waals surface area contributed by atoms with Crippen LogP contribution in [0, 0.1) is 17.3 Å². The second-order valence-corrected chi connectivity index (χ2v) is 12.6. The first-order valence-corrected chi connectivity index (χ1v) is 14.9. The topological polar surface area (TPSA) is 128 Å². The molecule has 3 saturated carbocycles. The number of amides is 2. The fourth-order valence-corrected chi connectivity index (χ4v) is 7.19. The molecule has 3 aliphatic carbocycles. The highest BCUT2D eigenvalue weighted by Gasteiger charge is 2.68. The van der Waals surface area contributed by atoms with E-state index in [0.717, 1.165) is 25.7 Å². The smallest absolute Gasteiger partial charge is 0.449 e. The molecule has 4 aliphatic rings. The lowest BCUT2D eigenvalue weighted by atomic mass is 9.43. The molecule has 3 aromatic rings. The van der Waals surface area contributed by atoms with Crippen molar-refractivity contribution in [3.05, 3.63) is 78.5 Å². The number of oxazole rings is 1. The van der Waals surface area contributed by atoms with Crippen LogP contribution >= 0.6 is 0 Å². The minimum atomic E-state index is -0.958. The van der Waals surface area contributed by atoms with Gasteiger partial charge in [0.1, 0.15) is 18.0 Å². The second-order valence-electron chi connectivity index (χ2n) is 12.6. The number of nitrogens with one attached hydrogen (secondary N) is 2.